The van der Waals surface area contributed by atoms with Crippen molar-refractivity contribution < 1.29 is 54.5 Å². The van der Waals surface area contributed by atoms with Crippen molar-refractivity contribution in [3.8, 4) is 68.2 Å². The van der Waals surface area contributed by atoms with Gasteiger partial charge in [0.25, 0.3) is 0 Å². The molecule has 544 valence electrons. The third kappa shape index (κ3) is 12.7. The van der Waals surface area contributed by atoms with E-state index in [2.05, 4.69) is 100 Å². The lowest BCUT2D eigenvalue weighted by molar-refractivity contribution is 0.378. The number of hydrogen-bond donors (Lipinski definition) is 0. The molecule has 0 saturated carbocycles. The molecule has 4 unspecified atom stereocenters. The Morgan fingerprint density at radius 2 is 0.491 bits per heavy atom. The molecule has 0 N–H and O–H groups in total. The van der Waals surface area contributed by atoms with Crippen LogP contribution in [0.15, 0.2) is 194 Å². The van der Waals surface area contributed by atoms with Gasteiger partial charge in [0.2, 0.25) is 0 Å². The summed E-state index contributed by atoms with van der Waals surface area (Å²) in [7, 11) is -18.1. The second-order valence-corrected chi connectivity index (χ2v) is 37.8. The maximum Gasteiger partial charge on any atom is 0.462 e. The summed E-state index contributed by atoms with van der Waals surface area (Å²) in [6, 6.07) is 62.4. The molecular weight excluding hydrogens is 1400 g/mol. The first-order valence-corrected chi connectivity index (χ1v) is 45.0. The van der Waals surface area contributed by atoms with Gasteiger partial charge in [0.15, 0.2) is 0 Å². The molecule has 4 heterocycles. The highest BCUT2D eigenvalue weighted by Gasteiger charge is 2.49. The van der Waals surface area contributed by atoms with E-state index >= 15 is 18.3 Å². The van der Waals surface area contributed by atoms with Crippen molar-refractivity contribution >= 4 is 51.6 Å². The molecule has 10 aromatic carbocycles. The van der Waals surface area contributed by atoms with Gasteiger partial charge < -0.3 is 36.2 Å². The summed E-state index contributed by atoms with van der Waals surface area (Å²) in [6.07, 6.45) is 22.1. The van der Waals surface area contributed by atoms with Gasteiger partial charge in [0.05, 0.1) is 21.2 Å². The average Bonchev–Trinajstić information content (AvgIpc) is 1.60. The predicted octanol–water partition coefficient (Wildman–Crippen LogP) is 23.9. The van der Waals surface area contributed by atoms with Gasteiger partial charge in [-0.3, -0.25) is 0 Å². The number of hydrogen-bond acceptors (Lipinski definition) is 12. The molecule has 0 aromatic heterocycles. The van der Waals surface area contributed by atoms with E-state index in [1.807, 2.05) is 48.5 Å². The highest BCUT2D eigenvalue weighted by Crippen LogP contribution is 2.64. The highest BCUT2D eigenvalue weighted by molar-refractivity contribution is 7.64. The summed E-state index contributed by atoms with van der Waals surface area (Å²) in [5.41, 5.74) is 13.9. The lowest BCUT2D eigenvalue weighted by Crippen LogP contribution is -2.27. The summed E-state index contributed by atoms with van der Waals surface area (Å²) < 4.78 is 124. The second kappa shape index (κ2) is 28.6. The van der Waals surface area contributed by atoms with E-state index in [9.17, 15) is 0 Å². The van der Waals surface area contributed by atoms with Crippen LogP contribution in [0, 0.1) is 0 Å². The Bertz CT molecular complexity index is 4940. The lowest BCUT2D eigenvalue weighted by atomic mass is 9.70. The topological polar surface area (TPSA) is 142 Å². The van der Waals surface area contributed by atoms with Gasteiger partial charge in [0.1, 0.15) is 46.0 Å². The van der Waals surface area contributed by atoms with Gasteiger partial charge in [-0.25, -0.2) is 18.3 Å². The Morgan fingerprint density at radius 3 is 0.764 bits per heavy atom. The fourth-order valence-electron chi connectivity index (χ4n) is 18.0. The van der Waals surface area contributed by atoms with E-state index in [-0.39, 0.29) is 93.1 Å². The number of rotatable bonds is 24. The van der Waals surface area contributed by atoms with E-state index in [4.69, 9.17) is 36.2 Å². The third-order valence-electron chi connectivity index (χ3n) is 23.4. The molecule has 0 amide bonds. The quantitative estimate of drug-likeness (QED) is 0.0420. The van der Waals surface area contributed by atoms with E-state index in [1.165, 1.54) is 22.3 Å². The maximum absolute atomic E-state index is 17.5. The standard InChI is InChI=1S/C90H92O12P4/c1-5-9-13-27-43-89(44-28-14-10-6-2)77-37-25-23-35-73(77)75-41-39-71(55-79(75)89)105(93)99-85-58-83-63-48-61-47-62-49-64-51-66-53-68-54-67(52-65(85)50-63)87(101-105)60-88(68)102-106(94,72-40-42-76-74-36-24-26-38-78(74)90(80(76)56-72,45-29-15-11-7-3)46-30-16-12-8-4)100-86(66)59-84(64)98-104(92,70-33-21-18-22-34-70)96-82(62)57-81(61)95-103(91,97-83)69-31-19-17-20-32-69/h17-26,31-42,47,50-51,54-60H,5-16,27-30,43-46,48-49,52-53H2,1-4H3. The lowest BCUT2D eigenvalue weighted by Gasteiger charge is -2.34. The van der Waals surface area contributed by atoms with Crippen molar-refractivity contribution in [3.63, 3.8) is 0 Å². The number of fused-ring (bicyclic) bond motifs is 6. The molecule has 17 rings (SSSR count). The third-order valence-corrected chi connectivity index (χ3v) is 30.5. The first kappa shape index (κ1) is 70.5. The van der Waals surface area contributed by atoms with Gasteiger partial charge in [-0.2, -0.15) is 0 Å². The largest absolute Gasteiger partial charge is 0.462 e. The molecule has 0 radical (unpaired) electrons. The molecule has 7 aliphatic rings. The van der Waals surface area contributed by atoms with Crippen LogP contribution in [0.2, 0.25) is 0 Å². The molecular formula is C90H92O12P4. The minimum absolute atomic E-state index is 0.204. The first-order chi connectivity index (χ1) is 51.6. The van der Waals surface area contributed by atoms with Crippen LogP contribution in [0.25, 0.3) is 22.3 Å². The minimum atomic E-state index is -4.64. The first-order valence-electron chi connectivity index (χ1n) is 38.9. The van der Waals surface area contributed by atoms with E-state index in [0.29, 0.717) is 55.1 Å². The summed E-state index contributed by atoms with van der Waals surface area (Å²) in [5.74, 6) is 1.74. The normalized spacial score (nSPS) is 20.8. The van der Waals surface area contributed by atoms with Crippen LogP contribution in [0.3, 0.4) is 0 Å². The van der Waals surface area contributed by atoms with Crippen LogP contribution in [-0.4, -0.2) is 0 Å². The SMILES string of the molecule is CCCCCCC1(CCCCCC)c2ccccc2-c2ccc(P3(=O)Oc4cc5c6cc4Cc4cc7c(cc4O3)OP(=O)(c3ccc4c(c3)C(CCCCCC)(CCCCCC)c3ccccc3-4)Oc3cc4c(cc3C7)Cc3cc(c(cc3OP(=O)(c3ccccc3)O4)OP(=O)(c3ccccc3)O5)C6)cc21. The van der Waals surface area contributed by atoms with Crippen molar-refractivity contribution in [1.29, 1.82) is 0 Å². The van der Waals surface area contributed by atoms with Crippen molar-refractivity contribution in [1.82, 2.24) is 0 Å². The van der Waals surface area contributed by atoms with Crippen LogP contribution >= 0.6 is 30.4 Å². The smallest absolute Gasteiger partial charge is 0.412 e. The maximum atomic E-state index is 17.5. The molecule has 0 fully saturated rings. The number of benzene rings is 10. The zero-order chi connectivity index (χ0) is 72.4. The van der Waals surface area contributed by atoms with Crippen molar-refractivity contribution in [3.05, 3.63) is 261 Å². The Labute approximate surface area is 624 Å². The molecule has 16 heteroatoms. The van der Waals surface area contributed by atoms with Crippen LogP contribution in [0.5, 0.6) is 46.0 Å². The van der Waals surface area contributed by atoms with Gasteiger partial charge in [-0.1, -0.05) is 227 Å². The Kier molecular flexibility index (Phi) is 19.0. The molecule has 3 aliphatic carbocycles. The molecule has 4 aliphatic heterocycles. The summed E-state index contributed by atoms with van der Waals surface area (Å²) in [4.78, 5) is 0. The Balaban J connectivity index is 0.900. The average molecular weight is 1490 g/mol. The summed E-state index contributed by atoms with van der Waals surface area (Å²) in [6.45, 7) is 9.00. The monoisotopic (exact) mass is 1490 g/mol. The molecule has 10 aromatic rings. The Morgan fingerprint density at radius 1 is 0.245 bits per heavy atom. The van der Waals surface area contributed by atoms with Crippen LogP contribution in [0.4, 0.5) is 0 Å². The van der Waals surface area contributed by atoms with Crippen molar-refractivity contribution in [2.45, 2.75) is 193 Å². The Hall–Kier alpha value is -8.48. The summed E-state index contributed by atoms with van der Waals surface area (Å²) in [5, 5.41) is 1.30. The van der Waals surface area contributed by atoms with Crippen LogP contribution in [0.1, 0.15) is 223 Å². The van der Waals surface area contributed by atoms with Gasteiger partial charge in [-0.15, -0.1) is 0 Å². The van der Waals surface area contributed by atoms with Gasteiger partial charge >= 0.3 is 30.4 Å². The van der Waals surface area contributed by atoms with Crippen LogP contribution < -0.4 is 57.4 Å². The minimum Gasteiger partial charge on any atom is -0.412 e. The zero-order valence-corrected chi connectivity index (χ0v) is 64.7. The molecule has 106 heavy (non-hydrogen) atoms. The van der Waals surface area contributed by atoms with E-state index in [1.54, 1.807) is 72.8 Å². The van der Waals surface area contributed by atoms with E-state index in [0.717, 1.165) is 151 Å². The summed E-state index contributed by atoms with van der Waals surface area (Å²) >= 11 is 0. The zero-order valence-electron chi connectivity index (χ0n) is 61.1. The van der Waals surface area contributed by atoms with Crippen molar-refractivity contribution in [2.75, 3.05) is 0 Å². The van der Waals surface area contributed by atoms with Crippen LogP contribution in [-0.2, 0) is 54.8 Å². The molecule has 8 bridgehead atoms. The highest BCUT2D eigenvalue weighted by atomic mass is 31.2. The molecule has 0 saturated heterocycles. The van der Waals surface area contributed by atoms with Gasteiger partial charge in [0, 0.05) is 60.8 Å². The fraction of sp³-hybridized carbons (Fsp3) is 0.333. The molecule has 12 nitrogen and oxygen atoms in total. The second-order valence-electron chi connectivity index (χ2n) is 30.3. The predicted molar refractivity (Wildman–Crippen MR) is 424 cm³/mol. The number of unbranched alkanes of at least 4 members (excludes halogenated alkanes) is 12. The van der Waals surface area contributed by atoms with E-state index < -0.39 is 30.4 Å². The van der Waals surface area contributed by atoms with Crippen molar-refractivity contribution in [2.24, 2.45) is 0 Å². The molecule has 0 spiro atoms. The fourth-order valence-corrected chi connectivity index (χ4v) is 24.5. The van der Waals surface area contributed by atoms with Gasteiger partial charge in [-0.05, 0) is 187 Å². The molecule has 4 atom stereocenters.